The first-order valence-electron chi connectivity index (χ1n) is 11.0. The molecular weight excluding hydrogens is 396 g/mol. The van der Waals surface area contributed by atoms with E-state index in [2.05, 4.69) is 45.9 Å². The van der Waals surface area contributed by atoms with Crippen molar-refractivity contribution in [3.8, 4) is 0 Å². The Hall–Kier alpha value is -3.33. The summed E-state index contributed by atoms with van der Waals surface area (Å²) in [5, 5.41) is 0. The summed E-state index contributed by atoms with van der Waals surface area (Å²) in [7, 11) is 0. The van der Waals surface area contributed by atoms with Crippen molar-refractivity contribution >= 4 is 18.9 Å². The van der Waals surface area contributed by atoms with Crippen LogP contribution in [-0.2, 0) is 16.2 Å². The summed E-state index contributed by atoms with van der Waals surface area (Å²) in [4.78, 5) is 35.7. The third-order valence-corrected chi connectivity index (χ3v) is 9.78. The van der Waals surface area contributed by atoms with Crippen LogP contribution in [-0.4, -0.2) is 18.9 Å². The monoisotopic (exact) mass is 420 g/mol. The van der Waals surface area contributed by atoms with Crippen molar-refractivity contribution in [3.05, 3.63) is 105 Å². The van der Waals surface area contributed by atoms with Gasteiger partial charge in [0.2, 0.25) is 0 Å². The Morgan fingerprint density at radius 1 is 0.562 bits per heavy atom. The zero-order valence-corrected chi connectivity index (χ0v) is 18.7. The highest BCUT2D eigenvalue weighted by Gasteiger charge is 2.80. The van der Waals surface area contributed by atoms with Crippen molar-refractivity contribution in [1.82, 2.24) is 0 Å². The molecule has 3 heteroatoms. The van der Waals surface area contributed by atoms with E-state index >= 15 is 0 Å². The summed E-state index contributed by atoms with van der Waals surface area (Å²) in [6, 6.07) is 18.1. The maximum Gasteiger partial charge on any atom is 0.150 e. The minimum atomic E-state index is -0.488. The molecule has 0 fully saturated rings. The van der Waals surface area contributed by atoms with E-state index in [1.54, 1.807) is 0 Å². The Morgan fingerprint density at radius 2 is 1.09 bits per heavy atom. The van der Waals surface area contributed by atoms with Crippen molar-refractivity contribution in [1.29, 1.82) is 0 Å². The molecule has 3 aliphatic rings. The lowest BCUT2D eigenvalue weighted by Crippen LogP contribution is -2.51. The van der Waals surface area contributed by atoms with E-state index < -0.39 is 10.8 Å². The number of benzene rings is 3. The van der Waals surface area contributed by atoms with Crippen LogP contribution in [0.5, 0.6) is 0 Å². The molecule has 32 heavy (non-hydrogen) atoms. The highest BCUT2D eigenvalue weighted by molar-refractivity contribution is 5.87. The average Bonchev–Trinajstić information content (AvgIpc) is 3.18. The van der Waals surface area contributed by atoms with E-state index in [4.69, 9.17) is 0 Å². The second kappa shape index (κ2) is 5.53. The molecule has 0 bridgehead atoms. The molecule has 0 spiro atoms. The third kappa shape index (κ3) is 1.57. The standard InChI is InChI=1S/C29H24O3/c1-26-20-10-8-17(14-30)12-23(20)27(2)21-11-9-18(15-31)13-24(21)28(3,29(26,27)4)25-19(16-32)6-5-7-22(25)26/h5-16H,1-4H3/t26-,27-,28+,29+/m0/s1. The van der Waals surface area contributed by atoms with Crippen LogP contribution in [0.2, 0.25) is 0 Å². The Kier molecular flexibility index (Phi) is 3.34. The van der Waals surface area contributed by atoms with E-state index in [-0.39, 0.29) is 10.8 Å². The first-order chi connectivity index (χ1) is 15.2. The molecule has 0 saturated heterocycles. The van der Waals surface area contributed by atoms with Crippen molar-refractivity contribution in [2.24, 2.45) is 5.41 Å². The Labute approximate surface area is 187 Å². The fourth-order valence-corrected chi connectivity index (χ4v) is 8.13. The molecule has 0 saturated carbocycles. The van der Waals surface area contributed by atoms with E-state index in [0.717, 1.165) is 41.1 Å². The van der Waals surface area contributed by atoms with Gasteiger partial charge in [0, 0.05) is 38.4 Å². The summed E-state index contributed by atoms with van der Waals surface area (Å²) < 4.78 is 0. The van der Waals surface area contributed by atoms with Gasteiger partial charge in [0.1, 0.15) is 18.9 Å². The first-order valence-corrected chi connectivity index (χ1v) is 11.0. The van der Waals surface area contributed by atoms with Crippen LogP contribution < -0.4 is 0 Å². The SMILES string of the molecule is C[C@@]12c3cc(C=O)ccc3[C@@]3(C)c4cccc(C=O)c4[C@@](C)(c4cc(C=O)ccc41)[C@@]23C. The van der Waals surface area contributed by atoms with Crippen LogP contribution >= 0.6 is 0 Å². The number of fused-ring (bicyclic) bond motifs is 9. The van der Waals surface area contributed by atoms with Crippen molar-refractivity contribution in [2.75, 3.05) is 0 Å². The van der Waals surface area contributed by atoms with E-state index in [1.165, 1.54) is 11.1 Å². The van der Waals surface area contributed by atoms with Gasteiger partial charge < -0.3 is 0 Å². The third-order valence-electron chi connectivity index (χ3n) is 9.78. The molecule has 6 rings (SSSR count). The number of rotatable bonds is 3. The van der Waals surface area contributed by atoms with Gasteiger partial charge in [-0.1, -0.05) is 70.2 Å². The average molecular weight is 421 g/mol. The topological polar surface area (TPSA) is 51.2 Å². The summed E-state index contributed by atoms with van der Waals surface area (Å²) >= 11 is 0. The zero-order valence-electron chi connectivity index (χ0n) is 18.7. The van der Waals surface area contributed by atoms with Crippen molar-refractivity contribution in [3.63, 3.8) is 0 Å². The molecule has 3 aromatic rings. The molecule has 0 N–H and O–H groups in total. The second-order valence-corrected chi connectivity index (χ2v) is 10.2. The van der Waals surface area contributed by atoms with Gasteiger partial charge in [-0.05, 0) is 45.5 Å². The summed E-state index contributed by atoms with van der Waals surface area (Å²) in [6.07, 6.45) is 2.76. The maximum absolute atomic E-state index is 12.3. The summed E-state index contributed by atoms with van der Waals surface area (Å²) in [6.45, 7) is 9.16. The van der Waals surface area contributed by atoms with Crippen molar-refractivity contribution < 1.29 is 14.4 Å². The molecule has 4 atom stereocenters. The Bertz CT molecular complexity index is 1400. The van der Waals surface area contributed by atoms with Crippen LogP contribution in [0, 0.1) is 5.41 Å². The van der Waals surface area contributed by atoms with Crippen LogP contribution in [0.3, 0.4) is 0 Å². The van der Waals surface area contributed by atoms with Gasteiger partial charge >= 0.3 is 0 Å². The predicted molar refractivity (Wildman–Crippen MR) is 123 cm³/mol. The summed E-state index contributed by atoms with van der Waals surface area (Å²) in [5.74, 6) is 0. The Balaban J connectivity index is 1.90. The molecule has 0 heterocycles. The van der Waals surface area contributed by atoms with E-state index in [1.807, 2.05) is 36.4 Å². The van der Waals surface area contributed by atoms with Gasteiger partial charge in [-0.15, -0.1) is 0 Å². The minimum absolute atomic E-state index is 0.345. The van der Waals surface area contributed by atoms with Crippen LogP contribution in [0.1, 0.15) is 92.1 Å². The van der Waals surface area contributed by atoms with Gasteiger partial charge in [-0.2, -0.15) is 0 Å². The molecule has 0 radical (unpaired) electrons. The highest BCUT2D eigenvalue weighted by atomic mass is 16.1. The molecule has 0 amide bonds. The number of hydrogen-bond donors (Lipinski definition) is 0. The normalized spacial score (nSPS) is 32.6. The van der Waals surface area contributed by atoms with Gasteiger partial charge in [0.15, 0.2) is 0 Å². The van der Waals surface area contributed by atoms with E-state index in [0.29, 0.717) is 16.7 Å². The second-order valence-electron chi connectivity index (χ2n) is 10.2. The molecule has 3 nitrogen and oxygen atoms in total. The molecule has 0 aliphatic heterocycles. The first kappa shape index (κ1) is 19.4. The summed E-state index contributed by atoms with van der Waals surface area (Å²) in [5.41, 5.74) is 7.29. The maximum atomic E-state index is 12.3. The highest BCUT2D eigenvalue weighted by Crippen LogP contribution is 2.82. The largest absolute Gasteiger partial charge is 0.298 e. The lowest BCUT2D eigenvalue weighted by molar-refractivity contribution is 0.0985. The van der Waals surface area contributed by atoms with Gasteiger partial charge in [0.25, 0.3) is 0 Å². The van der Waals surface area contributed by atoms with Gasteiger partial charge in [-0.3, -0.25) is 14.4 Å². The van der Waals surface area contributed by atoms with Crippen LogP contribution in [0.4, 0.5) is 0 Å². The van der Waals surface area contributed by atoms with Crippen molar-refractivity contribution in [2.45, 2.75) is 43.9 Å². The molecular formula is C29H24O3. The van der Waals surface area contributed by atoms with Gasteiger partial charge in [-0.25, -0.2) is 0 Å². The Morgan fingerprint density at radius 3 is 1.62 bits per heavy atom. The van der Waals surface area contributed by atoms with Gasteiger partial charge in [0.05, 0.1) is 0 Å². The fraction of sp³-hybridized carbons (Fsp3) is 0.276. The number of carbonyl (C=O) groups is 3. The molecule has 3 aromatic carbocycles. The molecule has 158 valence electrons. The smallest absolute Gasteiger partial charge is 0.150 e. The lowest BCUT2D eigenvalue weighted by Gasteiger charge is -2.49. The predicted octanol–water partition coefficient (Wildman–Crippen LogP) is 5.39. The number of hydrogen-bond acceptors (Lipinski definition) is 3. The number of aldehydes is 3. The lowest BCUT2D eigenvalue weighted by atomic mass is 9.52. The molecule has 0 unspecified atom stereocenters. The molecule has 3 aliphatic carbocycles. The van der Waals surface area contributed by atoms with Crippen LogP contribution in [0.25, 0.3) is 0 Å². The number of carbonyl (C=O) groups excluding carboxylic acids is 3. The zero-order chi connectivity index (χ0) is 22.7. The van der Waals surface area contributed by atoms with E-state index in [9.17, 15) is 14.4 Å². The van der Waals surface area contributed by atoms with Crippen LogP contribution in [0.15, 0.2) is 54.6 Å². The fourth-order valence-electron chi connectivity index (χ4n) is 8.13. The minimum Gasteiger partial charge on any atom is -0.298 e. The quantitative estimate of drug-likeness (QED) is 0.534. The molecule has 0 aromatic heterocycles.